The zero-order valence-corrected chi connectivity index (χ0v) is 16.3. The minimum atomic E-state index is -0.534. The minimum Gasteiger partial charge on any atom is -0.462 e. The molecule has 0 aromatic heterocycles. The second-order valence-electron chi connectivity index (χ2n) is 6.57. The monoisotopic (exact) mass is 393 g/mol. The Morgan fingerprint density at radius 2 is 2.08 bits per heavy atom. The van der Waals surface area contributed by atoms with E-state index < -0.39 is 11.9 Å². The largest absolute Gasteiger partial charge is 0.462 e. The van der Waals surface area contributed by atoms with Gasteiger partial charge in [0.2, 0.25) is 0 Å². The van der Waals surface area contributed by atoms with Crippen molar-refractivity contribution >= 4 is 35.0 Å². The van der Waals surface area contributed by atoms with Crippen molar-refractivity contribution in [2.45, 2.75) is 45.4 Å². The quantitative estimate of drug-likeness (QED) is 0.737. The molecule has 2 aliphatic rings. The van der Waals surface area contributed by atoms with Crippen LogP contribution in [-0.4, -0.2) is 18.4 Å². The van der Waals surface area contributed by atoms with E-state index >= 15 is 0 Å². The van der Waals surface area contributed by atoms with Gasteiger partial charge >= 0.3 is 5.97 Å². The lowest BCUT2D eigenvalue weighted by Crippen LogP contribution is -2.34. The second kappa shape index (κ2) is 7.85. The van der Waals surface area contributed by atoms with Crippen molar-refractivity contribution < 1.29 is 14.3 Å². The second-order valence-corrected chi connectivity index (χ2v) is 7.41. The van der Waals surface area contributed by atoms with Gasteiger partial charge in [-0.2, -0.15) is 0 Å². The van der Waals surface area contributed by atoms with Crippen molar-refractivity contribution in [2.75, 3.05) is 6.61 Å². The van der Waals surface area contributed by atoms with Crippen molar-refractivity contribution in [3.63, 3.8) is 0 Å². The van der Waals surface area contributed by atoms with E-state index in [1.54, 1.807) is 18.2 Å². The number of halogens is 2. The minimum absolute atomic E-state index is 0.0445. The van der Waals surface area contributed by atoms with Crippen LogP contribution in [0.5, 0.6) is 0 Å². The molecule has 1 aliphatic carbocycles. The summed E-state index contributed by atoms with van der Waals surface area (Å²) in [6, 6.07) is 5.15. The Hall–Kier alpha value is -1.78. The fraction of sp³-hybridized carbons (Fsp3) is 0.400. The third-order valence-corrected chi connectivity index (χ3v) is 5.27. The van der Waals surface area contributed by atoms with E-state index in [-0.39, 0.29) is 5.78 Å². The smallest absolute Gasteiger partial charge is 0.336 e. The number of Topliss-reactive ketones (excluding diaryl/α,β-unsaturated/α-hetero) is 1. The first kappa shape index (κ1) is 19.0. The van der Waals surface area contributed by atoms with Crippen LogP contribution in [0.15, 0.2) is 40.7 Å². The van der Waals surface area contributed by atoms with E-state index in [9.17, 15) is 9.59 Å². The molecule has 138 valence electrons. The highest BCUT2D eigenvalue weighted by Gasteiger charge is 2.39. The lowest BCUT2D eigenvalue weighted by Gasteiger charge is -2.34. The first-order chi connectivity index (χ1) is 12.4. The number of carbonyl (C=O) groups excluding carboxylic acids is 2. The molecule has 0 fully saturated rings. The van der Waals surface area contributed by atoms with Crippen LogP contribution in [0.2, 0.25) is 10.0 Å². The van der Waals surface area contributed by atoms with Crippen molar-refractivity contribution in [1.29, 1.82) is 0 Å². The van der Waals surface area contributed by atoms with E-state index in [0.717, 1.165) is 25.0 Å². The van der Waals surface area contributed by atoms with Crippen LogP contribution in [-0.2, 0) is 14.3 Å². The predicted octanol–water partition coefficient (Wildman–Crippen LogP) is 4.91. The molecule has 1 aromatic rings. The Labute approximate surface area is 163 Å². The summed E-state index contributed by atoms with van der Waals surface area (Å²) in [6.45, 7) is 4.10. The van der Waals surface area contributed by atoms with Crippen LogP contribution < -0.4 is 5.32 Å². The lowest BCUT2D eigenvalue weighted by atomic mass is 9.75. The van der Waals surface area contributed by atoms with Gasteiger partial charge < -0.3 is 10.1 Å². The first-order valence-corrected chi connectivity index (χ1v) is 9.55. The van der Waals surface area contributed by atoms with Crippen LogP contribution in [0.1, 0.15) is 51.0 Å². The Morgan fingerprint density at radius 3 is 2.77 bits per heavy atom. The van der Waals surface area contributed by atoms with Gasteiger partial charge in [0.25, 0.3) is 0 Å². The topological polar surface area (TPSA) is 55.4 Å². The van der Waals surface area contributed by atoms with Gasteiger partial charge in [-0.1, -0.05) is 36.2 Å². The number of allylic oxidation sites excluding steroid dienone is 3. The highest BCUT2D eigenvalue weighted by Crippen LogP contribution is 2.44. The summed E-state index contributed by atoms with van der Waals surface area (Å²) >= 11 is 12.5. The molecule has 1 heterocycles. The standard InChI is InChI=1S/C20H21Cl2NO3/c1-3-9-26-20(25)17-11(2)23-15-5-4-6-16(24)19(15)18(17)13-8-7-12(21)10-14(13)22/h7-8,10,18,23H,3-6,9H2,1-2H3/t18-/m1/s1. The predicted molar refractivity (Wildman–Crippen MR) is 102 cm³/mol. The van der Waals surface area contributed by atoms with Gasteiger partial charge in [-0.3, -0.25) is 4.79 Å². The zero-order chi connectivity index (χ0) is 18.8. The fourth-order valence-corrected chi connectivity index (χ4v) is 4.09. The molecule has 3 rings (SSSR count). The molecular formula is C20H21Cl2NO3. The summed E-state index contributed by atoms with van der Waals surface area (Å²) in [5.74, 6) is -0.908. The van der Waals surface area contributed by atoms with Crippen molar-refractivity contribution in [1.82, 2.24) is 5.32 Å². The van der Waals surface area contributed by atoms with Gasteiger partial charge in [-0.05, 0) is 43.9 Å². The highest BCUT2D eigenvalue weighted by atomic mass is 35.5. The van der Waals surface area contributed by atoms with E-state index in [4.69, 9.17) is 27.9 Å². The SMILES string of the molecule is CCCOC(=O)C1=C(C)NC2=C(C(=O)CCC2)[C@@H]1c1ccc(Cl)cc1Cl. The summed E-state index contributed by atoms with van der Waals surface area (Å²) in [5, 5.41) is 4.20. The number of dihydropyridines is 1. The van der Waals surface area contributed by atoms with Gasteiger partial charge in [0.1, 0.15) is 0 Å². The molecular weight excluding hydrogens is 373 g/mol. The maximum absolute atomic E-state index is 12.8. The molecule has 1 aliphatic heterocycles. The number of hydrogen-bond donors (Lipinski definition) is 1. The number of nitrogens with one attached hydrogen (secondary N) is 1. The molecule has 1 N–H and O–H groups in total. The van der Waals surface area contributed by atoms with E-state index in [1.165, 1.54) is 0 Å². The summed E-state index contributed by atoms with van der Waals surface area (Å²) in [6.07, 6.45) is 2.77. The molecule has 26 heavy (non-hydrogen) atoms. The van der Waals surface area contributed by atoms with Gasteiger partial charge in [0, 0.05) is 39.4 Å². The number of hydrogen-bond acceptors (Lipinski definition) is 4. The Balaban J connectivity index is 2.15. The highest BCUT2D eigenvalue weighted by molar-refractivity contribution is 6.35. The summed E-state index contributed by atoms with van der Waals surface area (Å²) in [7, 11) is 0. The number of esters is 1. The van der Waals surface area contributed by atoms with E-state index in [0.29, 0.717) is 45.5 Å². The third-order valence-electron chi connectivity index (χ3n) is 4.71. The average Bonchev–Trinajstić information content (AvgIpc) is 2.59. The Morgan fingerprint density at radius 1 is 1.31 bits per heavy atom. The molecule has 6 heteroatoms. The fourth-order valence-electron chi connectivity index (χ4n) is 3.57. The third kappa shape index (κ3) is 3.53. The van der Waals surface area contributed by atoms with Crippen LogP contribution in [0.4, 0.5) is 0 Å². The average molecular weight is 394 g/mol. The lowest BCUT2D eigenvalue weighted by molar-refractivity contribution is -0.139. The van der Waals surface area contributed by atoms with E-state index in [2.05, 4.69) is 5.32 Å². The van der Waals surface area contributed by atoms with E-state index in [1.807, 2.05) is 13.8 Å². The molecule has 1 atom stereocenters. The Kier molecular flexibility index (Phi) is 5.73. The number of carbonyl (C=O) groups is 2. The van der Waals surface area contributed by atoms with Gasteiger partial charge in [0.05, 0.1) is 12.2 Å². The Bertz CT molecular complexity index is 826. The molecule has 0 unspecified atom stereocenters. The van der Waals surface area contributed by atoms with Crippen LogP contribution in [0.25, 0.3) is 0 Å². The van der Waals surface area contributed by atoms with Gasteiger partial charge in [-0.15, -0.1) is 0 Å². The number of benzene rings is 1. The van der Waals surface area contributed by atoms with Crippen molar-refractivity contribution in [3.05, 3.63) is 56.3 Å². The van der Waals surface area contributed by atoms with Crippen molar-refractivity contribution in [2.24, 2.45) is 0 Å². The molecule has 0 saturated heterocycles. The van der Waals surface area contributed by atoms with Crippen molar-refractivity contribution in [3.8, 4) is 0 Å². The number of ketones is 1. The summed E-state index contributed by atoms with van der Waals surface area (Å²) in [5.41, 5.74) is 3.34. The van der Waals surface area contributed by atoms with Crippen LogP contribution in [0, 0.1) is 0 Å². The van der Waals surface area contributed by atoms with Gasteiger partial charge in [-0.25, -0.2) is 4.79 Å². The molecule has 0 bridgehead atoms. The molecule has 1 aromatic carbocycles. The molecule has 0 saturated carbocycles. The molecule has 0 radical (unpaired) electrons. The van der Waals surface area contributed by atoms with Crippen LogP contribution >= 0.6 is 23.2 Å². The molecule has 4 nitrogen and oxygen atoms in total. The summed E-state index contributed by atoms with van der Waals surface area (Å²) < 4.78 is 5.39. The first-order valence-electron chi connectivity index (χ1n) is 8.80. The van der Waals surface area contributed by atoms with Crippen LogP contribution in [0.3, 0.4) is 0 Å². The zero-order valence-electron chi connectivity index (χ0n) is 14.8. The summed E-state index contributed by atoms with van der Waals surface area (Å²) in [4.78, 5) is 25.5. The normalized spacial score (nSPS) is 20.0. The molecule has 0 spiro atoms. The molecule has 0 amide bonds. The maximum Gasteiger partial charge on any atom is 0.336 e. The maximum atomic E-state index is 12.8. The van der Waals surface area contributed by atoms with Gasteiger partial charge in [0.15, 0.2) is 5.78 Å². The number of ether oxygens (including phenoxy) is 1. The number of rotatable bonds is 4.